The Morgan fingerprint density at radius 1 is 1.38 bits per heavy atom. The summed E-state index contributed by atoms with van der Waals surface area (Å²) in [4.78, 5) is 0. The molecule has 0 aliphatic carbocycles. The summed E-state index contributed by atoms with van der Waals surface area (Å²) in [7, 11) is 1.90. The van der Waals surface area contributed by atoms with Gasteiger partial charge in [0.1, 0.15) is 11.9 Å². The van der Waals surface area contributed by atoms with E-state index >= 15 is 0 Å². The molecule has 0 heterocycles. The maximum atomic E-state index is 5.74. The molecule has 72 valence electrons. The normalized spacial score (nSPS) is 12.5. The number of halogens is 1. The van der Waals surface area contributed by atoms with Crippen molar-refractivity contribution in [1.82, 2.24) is 5.32 Å². The Hall–Kier alpha value is -0.730. The van der Waals surface area contributed by atoms with Crippen LogP contribution in [-0.4, -0.2) is 19.7 Å². The second-order valence-electron chi connectivity index (χ2n) is 2.94. The van der Waals surface area contributed by atoms with Crippen molar-refractivity contribution in [1.29, 1.82) is 0 Å². The van der Waals surface area contributed by atoms with Crippen LogP contribution in [0.2, 0.25) is 5.02 Å². The predicted molar refractivity (Wildman–Crippen MR) is 55.5 cm³/mol. The summed E-state index contributed by atoms with van der Waals surface area (Å²) in [5.41, 5.74) is 0. The molecule has 1 unspecified atom stereocenters. The van der Waals surface area contributed by atoms with Crippen LogP contribution < -0.4 is 10.1 Å². The van der Waals surface area contributed by atoms with Crippen LogP contribution in [0.25, 0.3) is 0 Å². The van der Waals surface area contributed by atoms with E-state index in [2.05, 4.69) is 5.32 Å². The first-order valence-corrected chi connectivity index (χ1v) is 4.67. The van der Waals surface area contributed by atoms with E-state index in [1.165, 1.54) is 0 Å². The zero-order valence-corrected chi connectivity index (χ0v) is 8.64. The number of rotatable bonds is 4. The van der Waals surface area contributed by atoms with Crippen LogP contribution in [0.4, 0.5) is 0 Å². The summed E-state index contributed by atoms with van der Waals surface area (Å²) < 4.78 is 5.59. The Kier molecular flexibility index (Phi) is 4.06. The summed E-state index contributed by atoms with van der Waals surface area (Å²) in [6.07, 6.45) is 0.172. The first-order valence-electron chi connectivity index (χ1n) is 4.29. The van der Waals surface area contributed by atoms with E-state index < -0.39 is 0 Å². The van der Waals surface area contributed by atoms with Gasteiger partial charge in [-0.3, -0.25) is 0 Å². The van der Waals surface area contributed by atoms with E-state index in [0.717, 1.165) is 17.3 Å². The van der Waals surface area contributed by atoms with Gasteiger partial charge in [-0.25, -0.2) is 0 Å². The van der Waals surface area contributed by atoms with Crippen LogP contribution in [0.3, 0.4) is 0 Å². The molecule has 13 heavy (non-hydrogen) atoms. The molecule has 0 fully saturated rings. The summed E-state index contributed by atoms with van der Waals surface area (Å²) >= 11 is 5.74. The molecule has 0 bridgehead atoms. The van der Waals surface area contributed by atoms with Gasteiger partial charge in [0, 0.05) is 11.6 Å². The van der Waals surface area contributed by atoms with Crippen molar-refractivity contribution in [2.24, 2.45) is 0 Å². The lowest BCUT2D eigenvalue weighted by molar-refractivity contribution is 0.220. The summed E-state index contributed by atoms with van der Waals surface area (Å²) in [6, 6.07) is 7.38. The van der Waals surface area contributed by atoms with Crippen molar-refractivity contribution in [3.63, 3.8) is 0 Å². The van der Waals surface area contributed by atoms with Crippen molar-refractivity contribution in [2.75, 3.05) is 13.6 Å². The maximum Gasteiger partial charge on any atom is 0.119 e. The SMILES string of the molecule is CNCC(C)Oc1ccc(Cl)cc1. The molecule has 0 spiro atoms. The number of nitrogens with one attached hydrogen (secondary N) is 1. The van der Waals surface area contributed by atoms with E-state index in [-0.39, 0.29) is 6.10 Å². The van der Waals surface area contributed by atoms with Gasteiger partial charge in [-0.05, 0) is 38.2 Å². The van der Waals surface area contributed by atoms with Crippen LogP contribution in [0, 0.1) is 0 Å². The Morgan fingerprint density at radius 2 is 2.00 bits per heavy atom. The highest BCUT2D eigenvalue weighted by Gasteiger charge is 2.01. The van der Waals surface area contributed by atoms with Gasteiger partial charge >= 0.3 is 0 Å². The molecule has 2 nitrogen and oxygen atoms in total. The second-order valence-corrected chi connectivity index (χ2v) is 3.38. The number of hydrogen-bond acceptors (Lipinski definition) is 2. The van der Waals surface area contributed by atoms with E-state index in [9.17, 15) is 0 Å². The molecule has 1 aromatic rings. The van der Waals surface area contributed by atoms with Gasteiger partial charge in [0.15, 0.2) is 0 Å². The third kappa shape index (κ3) is 3.66. The van der Waals surface area contributed by atoms with E-state index in [1.807, 2.05) is 38.2 Å². The Labute approximate surface area is 83.9 Å². The molecule has 0 saturated carbocycles. The molecule has 3 heteroatoms. The minimum atomic E-state index is 0.172. The molecular weight excluding hydrogens is 186 g/mol. The standard InChI is InChI=1S/C10H14ClNO/c1-8(7-12-2)13-10-5-3-9(11)4-6-10/h3-6,8,12H,7H2,1-2H3. The average Bonchev–Trinajstić information content (AvgIpc) is 2.09. The Morgan fingerprint density at radius 3 is 2.54 bits per heavy atom. The number of likely N-dealkylation sites (N-methyl/N-ethyl adjacent to an activating group) is 1. The van der Waals surface area contributed by atoms with Crippen molar-refractivity contribution in [3.8, 4) is 5.75 Å². The monoisotopic (exact) mass is 199 g/mol. The second kappa shape index (κ2) is 5.10. The quantitative estimate of drug-likeness (QED) is 0.804. The van der Waals surface area contributed by atoms with Gasteiger partial charge in [-0.15, -0.1) is 0 Å². The van der Waals surface area contributed by atoms with Crippen LogP contribution in [0.5, 0.6) is 5.75 Å². The molecule has 1 N–H and O–H groups in total. The van der Waals surface area contributed by atoms with E-state index in [0.29, 0.717) is 0 Å². The van der Waals surface area contributed by atoms with Crippen LogP contribution in [0.15, 0.2) is 24.3 Å². The molecule has 1 rings (SSSR count). The molecule has 1 aromatic carbocycles. The van der Waals surface area contributed by atoms with Gasteiger partial charge in [0.2, 0.25) is 0 Å². The summed E-state index contributed by atoms with van der Waals surface area (Å²) in [5, 5.41) is 3.78. The third-order valence-corrected chi connectivity index (χ3v) is 1.89. The van der Waals surface area contributed by atoms with Crippen LogP contribution in [-0.2, 0) is 0 Å². The summed E-state index contributed by atoms with van der Waals surface area (Å²) in [6.45, 7) is 2.85. The molecule has 0 aliphatic rings. The molecular formula is C10H14ClNO. The highest BCUT2D eigenvalue weighted by atomic mass is 35.5. The zero-order chi connectivity index (χ0) is 9.68. The molecule has 0 aliphatic heterocycles. The highest BCUT2D eigenvalue weighted by molar-refractivity contribution is 6.30. The number of hydrogen-bond donors (Lipinski definition) is 1. The van der Waals surface area contributed by atoms with Gasteiger partial charge in [0.05, 0.1) is 0 Å². The third-order valence-electron chi connectivity index (χ3n) is 1.64. The summed E-state index contributed by atoms with van der Waals surface area (Å²) in [5.74, 6) is 0.854. The van der Waals surface area contributed by atoms with Crippen molar-refractivity contribution >= 4 is 11.6 Å². The fraction of sp³-hybridized carbons (Fsp3) is 0.400. The molecule has 0 saturated heterocycles. The van der Waals surface area contributed by atoms with Crippen LogP contribution >= 0.6 is 11.6 Å². The lowest BCUT2D eigenvalue weighted by Gasteiger charge is -2.13. The first-order chi connectivity index (χ1) is 6.22. The van der Waals surface area contributed by atoms with Gasteiger partial charge in [0.25, 0.3) is 0 Å². The molecule has 1 atom stereocenters. The smallest absolute Gasteiger partial charge is 0.119 e. The van der Waals surface area contributed by atoms with Crippen molar-refractivity contribution in [3.05, 3.63) is 29.3 Å². The van der Waals surface area contributed by atoms with Gasteiger partial charge in [-0.1, -0.05) is 11.6 Å². The highest BCUT2D eigenvalue weighted by Crippen LogP contribution is 2.16. The minimum Gasteiger partial charge on any atom is -0.489 e. The fourth-order valence-electron chi connectivity index (χ4n) is 1.07. The van der Waals surface area contributed by atoms with E-state index in [4.69, 9.17) is 16.3 Å². The minimum absolute atomic E-state index is 0.172. The average molecular weight is 200 g/mol. The molecule has 0 aromatic heterocycles. The number of ether oxygens (including phenoxy) is 1. The van der Waals surface area contributed by atoms with Crippen molar-refractivity contribution in [2.45, 2.75) is 13.0 Å². The fourth-order valence-corrected chi connectivity index (χ4v) is 1.20. The van der Waals surface area contributed by atoms with Crippen molar-refractivity contribution < 1.29 is 4.74 Å². The lowest BCUT2D eigenvalue weighted by Crippen LogP contribution is -2.25. The van der Waals surface area contributed by atoms with E-state index in [1.54, 1.807) is 0 Å². The first kappa shape index (κ1) is 10.4. The van der Waals surface area contributed by atoms with Gasteiger partial charge in [-0.2, -0.15) is 0 Å². The largest absolute Gasteiger partial charge is 0.489 e. The topological polar surface area (TPSA) is 21.3 Å². The molecule has 0 amide bonds. The Balaban J connectivity index is 2.49. The van der Waals surface area contributed by atoms with Gasteiger partial charge < -0.3 is 10.1 Å². The Bertz CT molecular complexity index is 248. The molecule has 0 radical (unpaired) electrons. The maximum absolute atomic E-state index is 5.74. The predicted octanol–water partition coefficient (Wildman–Crippen LogP) is 2.33. The lowest BCUT2D eigenvalue weighted by atomic mass is 10.3. The number of benzene rings is 1. The van der Waals surface area contributed by atoms with Crippen LogP contribution in [0.1, 0.15) is 6.92 Å². The zero-order valence-electron chi connectivity index (χ0n) is 7.88.